The maximum Gasteiger partial charge on any atom is 0.266 e. The van der Waals surface area contributed by atoms with Crippen LogP contribution in [0.5, 0.6) is 5.75 Å². The van der Waals surface area contributed by atoms with Crippen molar-refractivity contribution in [3.05, 3.63) is 66.5 Å². The van der Waals surface area contributed by atoms with Gasteiger partial charge in [0.25, 0.3) is 5.91 Å². The fourth-order valence-electron chi connectivity index (χ4n) is 6.34. The Morgan fingerprint density at radius 2 is 1.84 bits per heavy atom. The quantitative estimate of drug-likeness (QED) is 0.386. The second kappa shape index (κ2) is 12.8. The van der Waals surface area contributed by atoms with Gasteiger partial charge in [0.05, 0.1) is 12.1 Å². The molecule has 9 nitrogen and oxygen atoms in total. The van der Waals surface area contributed by atoms with Gasteiger partial charge >= 0.3 is 0 Å². The summed E-state index contributed by atoms with van der Waals surface area (Å²) in [5.41, 5.74) is 3.39. The molecule has 2 amide bonds. The molecule has 1 aliphatic carbocycles. The van der Waals surface area contributed by atoms with Crippen molar-refractivity contribution in [3.8, 4) is 16.9 Å². The number of H-pyrrole nitrogens is 1. The van der Waals surface area contributed by atoms with Crippen LogP contribution in [0.2, 0.25) is 0 Å². The minimum Gasteiger partial charge on any atom is -0.478 e. The Morgan fingerprint density at radius 1 is 1.00 bits per heavy atom. The number of rotatable bonds is 9. The molecule has 1 saturated carbocycles. The van der Waals surface area contributed by atoms with Gasteiger partial charge in [-0.1, -0.05) is 30.3 Å². The second-order valence-electron chi connectivity index (χ2n) is 12.7. The van der Waals surface area contributed by atoms with E-state index in [-0.39, 0.29) is 17.7 Å². The minimum absolute atomic E-state index is 0.0153. The van der Waals surface area contributed by atoms with Crippen LogP contribution in [0.1, 0.15) is 51.5 Å². The van der Waals surface area contributed by atoms with Crippen molar-refractivity contribution >= 4 is 17.5 Å². The van der Waals surface area contributed by atoms with Crippen LogP contribution in [-0.4, -0.2) is 82.7 Å². The number of carbonyl (C=O) groups excluding carboxylic acids is 2. The average molecular weight is 585 g/mol. The molecule has 2 aliphatic heterocycles. The van der Waals surface area contributed by atoms with Crippen LogP contribution in [0, 0.1) is 5.92 Å². The zero-order valence-electron chi connectivity index (χ0n) is 25.4. The van der Waals surface area contributed by atoms with E-state index >= 15 is 0 Å². The summed E-state index contributed by atoms with van der Waals surface area (Å²) in [6.07, 6.45) is 8.69. The van der Waals surface area contributed by atoms with E-state index in [2.05, 4.69) is 55.6 Å². The molecule has 0 spiro atoms. The van der Waals surface area contributed by atoms with Gasteiger partial charge in [-0.15, -0.1) is 0 Å². The first kappa shape index (κ1) is 29.2. The van der Waals surface area contributed by atoms with E-state index in [9.17, 15) is 9.59 Å². The average Bonchev–Trinajstić information content (AvgIpc) is 3.79. The van der Waals surface area contributed by atoms with Crippen LogP contribution in [0.25, 0.3) is 11.1 Å². The number of ether oxygens (including phenoxy) is 1. The Labute approximate surface area is 254 Å². The van der Waals surface area contributed by atoms with Gasteiger partial charge in [-0.05, 0) is 75.8 Å². The second-order valence-corrected chi connectivity index (χ2v) is 12.7. The van der Waals surface area contributed by atoms with Crippen molar-refractivity contribution in [2.24, 2.45) is 5.92 Å². The van der Waals surface area contributed by atoms with Gasteiger partial charge < -0.3 is 24.8 Å². The van der Waals surface area contributed by atoms with Crippen molar-refractivity contribution in [1.29, 1.82) is 0 Å². The van der Waals surface area contributed by atoms with Crippen LogP contribution >= 0.6 is 0 Å². The Balaban J connectivity index is 1.10. The first-order valence-corrected chi connectivity index (χ1v) is 15.8. The molecule has 3 fully saturated rings. The monoisotopic (exact) mass is 584 g/mol. The number of nitrogens with zero attached hydrogens (tertiary/aromatic N) is 4. The Bertz CT molecular complexity index is 1380. The largest absolute Gasteiger partial charge is 0.478 e. The molecule has 228 valence electrons. The number of carbonyl (C=O) groups is 2. The number of nitrogens with one attached hydrogen (secondary N) is 2. The minimum atomic E-state index is -0.967. The molecule has 2 N–H and O–H groups in total. The summed E-state index contributed by atoms with van der Waals surface area (Å²) in [5, 5.41) is 10.3. The maximum absolute atomic E-state index is 13.9. The lowest BCUT2D eigenvalue weighted by atomic mass is 9.95. The van der Waals surface area contributed by atoms with Gasteiger partial charge in [0, 0.05) is 68.8 Å². The lowest BCUT2D eigenvalue weighted by molar-refractivity contribution is -0.145. The van der Waals surface area contributed by atoms with E-state index < -0.39 is 5.60 Å². The highest BCUT2D eigenvalue weighted by atomic mass is 16.5. The zero-order chi connectivity index (χ0) is 29.8. The molecule has 2 aromatic carbocycles. The van der Waals surface area contributed by atoms with Crippen LogP contribution in [-0.2, 0) is 16.1 Å². The summed E-state index contributed by atoms with van der Waals surface area (Å²) >= 11 is 0. The molecule has 1 unspecified atom stereocenters. The predicted molar refractivity (Wildman–Crippen MR) is 168 cm³/mol. The Hall–Kier alpha value is -3.85. The van der Waals surface area contributed by atoms with Gasteiger partial charge in [-0.25, -0.2) is 0 Å². The fourth-order valence-corrected chi connectivity index (χ4v) is 6.34. The van der Waals surface area contributed by atoms with E-state index in [1.54, 1.807) is 0 Å². The van der Waals surface area contributed by atoms with Crippen molar-refractivity contribution in [1.82, 2.24) is 25.3 Å². The molecule has 1 aromatic heterocycles. The third-order valence-electron chi connectivity index (χ3n) is 8.88. The van der Waals surface area contributed by atoms with Crippen LogP contribution < -0.4 is 15.0 Å². The lowest BCUT2D eigenvalue weighted by Gasteiger charge is -2.37. The number of aromatic amines is 1. The van der Waals surface area contributed by atoms with Crippen LogP contribution in [0.3, 0.4) is 0 Å². The number of hydrogen-bond donors (Lipinski definition) is 2. The topological polar surface area (TPSA) is 93.8 Å². The number of amides is 2. The molecule has 2 saturated heterocycles. The first-order valence-electron chi connectivity index (χ1n) is 15.8. The molecule has 9 heteroatoms. The smallest absolute Gasteiger partial charge is 0.266 e. The Kier molecular flexibility index (Phi) is 8.70. The number of anilines is 1. The van der Waals surface area contributed by atoms with Gasteiger partial charge in [-0.3, -0.25) is 14.7 Å². The molecular formula is C34H44N6O3. The summed E-state index contributed by atoms with van der Waals surface area (Å²) < 4.78 is 6.32. The predicted octanol–water partition coefficient (Wildman–Crippen LogP) is 4.46. The number of piperidine rings is 1. The molecule has 0 radical (unpaired) electrons. The maximum atomic E-state index is 13.9. The highest BCUT2D eigenvalue weighted by Crippen LogP contribution is 2.34. The third kappa shape index (κ3) is 7.04. The van der Waals surface area contributed by atoms with Crippen molar-refractivity contribution in [2.45, 2.75) is 64.1 Å². The zero-order valence-corrected chi connectivity index (χ0v) is 25.4. The van der Waals surface area contributed by atoms with Gasteiger partial charge in [0.1, 0.15) is 5.75 Å². The summed E-state index contributed by atoms with van der Waals surface area (Å²) in [6, 6.07) is 16.8. The molecule has 1 atom stereocenters. The summed E-state index contributed by atoms with van der Waals surface area (Å²) in [6.45, 7) is 9.13. The fraction of sp³-hybridized carbons (Fsp3) is 0.500. The molecule has 3 aliphatic rings. The van der Waals surface area contributed by atoms with E-state index in [1.165, 1.54) is 0 Å². The normalized spacial score (nSPS) is 19.5. The molecule has 3 heterocycles. The highest BCUT2D eigenvalue weighted by molar-refractivity contribution is 5.85. The van der Waals surface area contributed by atoms with Gasteiger partial charge in [0.15, 0.2) is 5.60 Å². The summed E-state index contributed by atoms with van der Waals surface area (Å²) in [7, 11) is 0. The number of benzene rings is 2. The van der Waals surface area contributed by atoms with Gasteiger partial charge in [0.2, 0.25) is 5.91 Å². The molecule has 6 rings (SSSR count). The number of aromatic nitrogens is 2. The van der Waals surface area contributed by atoms with E-state index in [0.29, 0.717) is 31.4 Å². The third-order valence-corrected chi connectivity index (χ3v) is 8.88. The summed E-state index contributed by atoms with van der Waals surface area (Å²) in [4.78, 5) is 33.6. The SMILES string of the molecule is CC(C)(Oc1cccc(N2CCCC(C(=O)N(Cc3ccc(-c4cn[nH]c4)cc3)C3CC3)C2)c1)C(=O)N1CCCNCC1. The molecule has 3 aromatic rings. The van der Waals surface area contributed by atoms with Crippen molar-refractivity contribution in [2.75, 3.05) is 44.2 Å². The molecule has 43 heavy (non-hydrogen) atoms. The summed E-state index contributed by atoms with van der Waals surface area (Å²) in [5.74, 6) is 0.910. The Morgan fingerprint density at radius 3 is 2.60 bits per heavy atom. The molecule has 0 bridgehead atoms. The highest BCUT2D eigenvalue weighted by Gasteiger charge is 2.38. The standard InChI is InChI=1S/C34H44N6O3/c1-34(2,33(42)38-18-5-15-35-16-19-38)43-31-8-3-7-30(20-31)39-17-4-6-27(24-39)32(41)40(29-13-14-29)23-25-9-11-26(12-10-25)28-21-36-37-22-28/h3,7-12,20-22,27,29,35H,4-6,13-19,23-24H2,1-2H3,(H,36,37). The van der Waals surface area contributed by atoms with E-state index in [4.69, 9.17) is 4.74 Å². The van der Waals surface area contributed by atoms with E-state index in [0.717, 1.165) is 80.7 Å². The van der Waals surface area contributed by atoms with Crippen LogP contribution in [0.15, 0.2) is 60.9 Å². The first-order chi connectivity index (χ1) is 20.9. The number of hydrogen-bond acceptors (Lipinski definition) is 6. The van der Waals surface area contributed by atoms with Crippen LogP contribution in [0.4, 0.5) is 5.69 Å². The lowest BCUT2D eigenvalue weighted by Crippen LogP contribution is -2.49. The van der Waals surface area contributed by atoms with Crippen molar-refractivity contribution in [3.63, 3.8) is 0 Å². The molecular weight excluding hydrogens is 540 g/mol. The van der Waals surface area contributed by atoms with Gasteiger partial charge in [-0.2, -0.15) is 5.10 Å². The van der Waals surface area contributed by atoms with Crippen molar-refractivity contribution < 1.29 is 14.3 Å². The van der Waals surface area contributed by atoms with E-state index in [1.807, 2.05) is 49.3 Å².